The number of aromatic nitrogens is 3. The second-order valence-electron chi connectivity index (χ2n) is 9.34. The number of halogens is 1. The lowest BCUT2D eigenvalue weighted by atomic mass is 10.0. The van der Waals surface area contributed by atoms with Gasteiger partial charge in [-0.2, -0.15) is 4.80 Å². The lowest BCUT2D eigenvalue weighted by Gasteiger charge is -2.22. The summed E-state index contributed by atoms with van der Waals surface area (Å²) in [6, 6.07) is 21.1. The minimum absolute atomic E-state index is 0.191. The minimum Gasteiger partial charge on any atom is -0.372 e. The number of aryl methyl sites for hydroxylation is 2. The molecule has 1 amide bonds. The summed E-state index contributed by atoms with van der Waals surface area (Å²) in [6.45, 7) is 10.2. The van der Waals surface area contributed by atoms with E-state index in [1.165, 1.54) is 5.69 Å². The maximum atomic E-state index is 13.1. The van der Waals surface area contributed by atoms with Crippen molar-refractivity contribution in [1.82, 2.24) is 20.3 Å². The summed E-state index contributed by atoms with van der Waals surface area (Å²) in [7, 11) is 0. The highest BCUT2D eigenvalue weighted by Crippen LogP contribution is 2.27. The Morgan fingerprint density at radius 2 is 1.62 bits per heavy atom. The highest BCUT2D eigenvalue weighted by Gasteiger charge is 2.15. The van der Waals surface area contributed by atoms with Crippen LogP contribution < -0.4 is 15.5 Å². The molecule has 39 heavy (non-hydrogen) atoms. The molecule has 0 radical (unpaired) electrons. The van der Waals surface area contributed by atoms with Gasteiger partial charge < -0.3 is 10.2 Å². The molecule has 5 aromatic rings. The van der Waals surface area contributed by atoms with Gasteiger partial charge in [-0.15, -0.1) is 10.2 Å². The Labute approximate surface area is 237 Å². The standard InChI is InChI=1S/C30H29ClN6OS/c1-5-36(6-2)20-13-14-28(19(4)15-20)37-34-26-16-18(3)25(17-27(26)35-37)32-30(39)33-29(38)23-11-7-10-22-21(23)9-8-12-24(22)31/h7-17H,5-6H2,1-4H3,(H2,32,33,38,39). The summed E-state index contributed by atoms with van der Waals surface area (Å²) in [5.74, 6) is -0.311. The number of carbonyl (C=O) groups excluding carboxylic acids is 1. The summed E-state index contributed by atoms with van der Waals surface area (Å²) >= 11 is 11.8. The van der Waals surface area contributed by atoms with Gasteiger partial charge in [-0.1, -0.05) is 35.9 Å². The van der Waals surface area contributed by atoms with Gasteiger partial charge in [-0.3, -0.25) is 10.1 Å². The number of amides is 1. The van der Waals surface area contributed by atoms with Crippen LogP contribution in [0, 0.1) is 13.8 Å². The molecular formula is C30H29ClN6OS. The molecule has 2 N–H and O–H groups in total. The summed E-state index contributed by atoms with van der Waals surface area (Å²) < 4.78 is 0. The fraction of sp³-hybridized carbons (Fsp3) is 0.200. The summed E-state index contributed by atoms with van der Waals surface area (Å²) in [5.41, 5.74) is 6.85. The first-order valence-electron chi connectivity index (χ1n) is 12.8. The van der Waals surface area contributed by atoms with Crippen LogP contribution in [-0.2, 0) is 0 Å². The first-order valence-corrected chi connectivity index (χ1v) is 13.6. The highest BCUT2D eigenvalue weighted by atomic mass is 35.5. The van der Waals surface area contributed by atoms with Crippen molar-refractivity contribution in [3.63, 3.8) is 0 Å². The molecule has 0 unspecified atom stereocenters. The van der Waals surface area contributed by atoms with Crippen molar-refractivity contribution >= 4 is 68.0 Å². The van der Waals surface area contributed by atoms with Crippen molar-refractivity contribution in [2.75, 3.05) is 23.3 Å². The van der Waals surface area contributed by atoms with E-state index in [2.05, 4.69) is 54.5 Å². The smallest absolute Gasteiger partial charge is 0.258 e. The second-order valence-corrected chi connectivity index (χ2v) is 10.2. The molecule has 0 aliphatic heterocycles. The van der Waals surface area contributed by atoms with Crippen LogP contribution in [0.2, 0.25) is 5.02 Å². The number of hydrogen-bond donors (Lipinski definition) is 2. The second kappa shape index (κ2) is 11.0. The molecule has 7 nitrogen and oxygen atoms in total. The van der Waals surface area contributed by atoms with E-state index in [9.17, 15) is 4.79 Å². The van der Waals surface area contributed by atoms with E-state index in [0.717, 1.165) is 51.9 Å². The minimum atomic E-state index is -0.311. The first kappa shape index (κ1) is 26.6. The molecule has 0 aliphatic rings. The molecule has 0 saturated heterocycles. The molecule has 0 atom stereocenters. The van der Waals surface area contributed by atoms with Gasteiger partial charge >= 0.3 is 0 Å². The molecule has 5 rings (SSSR count). The summed E-state index contributed by atoms with van der Waals surface area (Å²) in [6.07, 6.45) is 0. The molecule has 1 heterocycles. The third kappa shape index (κ3) is 5.30. The van der Waals surface area contributed by atoms with Gasteiger partial charge in [0.25, 0.3) is 5.91 Å². The molecule has 198 valence electrons. The maximum absolute atomic E-state index is 13.1. The Hall–Kier alpha value is -4.01. The lowest BCUT2D eigenvalue weighted by Crippen LogP contribution is -2.34. The van der Waals surface area contributed by atoms with Crippen LogP contribution in [0.4, 0.5) is 11.4 Å². The van der Waals surface area contributed by atoms with Crippen LogP contribution in [0.15, 0.2) is 66.7 Å². The fourth-order valence-electron chi connectivity index (χ4n) is 4.75. The molecule has 1 aromatic heterocycles. The van der Waals surface area contributed by atoms with Crippen LogP contribution in [0.5, 0.6) is 0 Å². The largest absolute Gasteiger partial charge is 0.372 e. The predicted octanol–water partition coefficient (Wildman–Crippen LogP) is 6.82. The number of nitrogens with one attached hydrogen (secondary N) is 2. The van der Waals surface area contributed by atoms with E-state index in [4.69, 9.17) is 34.0 Å². The SMILES string of the molecule is CCN(CC)c1ccc(-n2nc3cc(C)c(NC(=S)NC(=O)c4cccc5c(Cl)cccc45)cc3n2)c(C)c1. The Kier molecular flexibility index (Phi) is 7.50. The molecule has 4 aromatic carbocycles. The Morgan fingerprint density at radius 3 is 2.33 bits per heavy atom. The van der Waals surface area contributed by atoms with Crippen LogP contribution in [0.3, 0.4) is 0 Å². The number of carbonyl (C=O) groups is 1. The van der Waals surface area contributed by atoms with Gasteiger partial charge in [-0.05, 0) is 98.9 Å². The maximum Gasteiger partial charge on any atom is 0.258 e. The lowest BCUT2D eigenvalue weighted by molar-refractivity contribution is 0.0979. The van der Waals surface area contributed by atoms with Crippen LogP contribution in [0.1, 0.15) is 35.3 Å². The average molecular weight is 557 g/mol. The van der Waals surface area contributed by atoms with Crippen LogP contribution in [-0.4, -0.2) is 39.1 Å². The van der Waals surface area contributed by atoms with Gasteiger partial charge in [0, 0.05) is 40.4 Å². The number of nitrogens with zero attached hydrogens (tertiary/aromatic N) is 4. The molecule has 0 fully saturated rings. The van der Waals surface area contributed by atoms with E-state index in [-0.39, 0.29) is 11.0 Å². The highest BCUT2D eigenvalue weighted by molar-refractivity contribution is 7.80. The Balaban J connectivity index is 1.36. The van der Waals surface area contributed by atoms with Crippen molar-refractivity contribution in [2.24, 2.45) is 0 Å². The monoisotopic (exact) mass is 556 g/mol. The van der Waals surface area contributed by atoms with E-state index >= 15 is 0 Å². The fourth-order valence-corrected chi connectivity index (χ4v) is 5.19. The van der Waals surface area contributed by atoms with E-state index < -0.39 is 0 Å². The molecule has 0 saturated carbocycles. The van der Waals surface area contributed by atoms with Gasteiger partial charge in [0.1, 0.15) is 11.0 Å². The topological polar surface area (TPSA) is 75.1 Å². The number of rotatable bonds is 6. The molecular weight excluding hydrogens is 528 g/mol. The van der Waals surface area contributed by atoms with Gasteiger partial charge in [0.15, 0.2) is 5.11 Å². The Morgan fingerprint density at radius 1 is 0.923 bits per heavy atom. The molecule has 9 heteroatoms. The van der Waals surface area contributed by atoms with Crippen molar-refractivity contribution in [3.8, 4) is 5.69 Å². The molecule has 0 bridgehead atoms. The van der Waals surface area contributed by atoms with Gasteiger partial charge in [0.2, 0.25) is 0 Å². The Bertz CT molecular complexity index is 1730. The zero-order valence-corrected chi connectivity index (χ0v) is 23.8. The number of fused-ring (bicyclic) bond motifs is 2. The van der Waals surface area contributed by atoms with Crippen molar-refractivity contribution in [3.05, 3.63) is 88.4 Å². The van der Waals surface area contributed by atoms with Crippen LogP contribution >= 0.6 is 23.8 Å². The summed E-state index contributed by atoms with van der Waals surface area (Å²) in [5, 5.41) is 17.7. The van der Waals surface area contributed by atoms with Crippen molar-refractivity contribution < 1.29 is 4.79 Å². The third-order valence-corrected chi connectivity index (χ3v) is 7.37. The number of benzene rings is 4. The van der Waals surface area contributed by atoms with E-state index in [1.54, 1.807) is 23.0 Å². The van der Waals surface area contributed by atoms with Gasteiger partial charge in [-0.25, -0.2) is 0 Å². The molecule has 0 aliphatic carbocycles. The van der Waals surface area contributed by atoms with Crippen molar-refractivity contribution in [2.45, 2.75) is 27.7 Å². The summed E-state index contributed by atoms with van der Waals surface area (Å²) in [4.78, 5) is 17.0. The number of thiocarbonyl (C=S) groups is 1. The van der Waals surface area contributed by atoms with Gasteiger partial charge in [0.05, 0.1) is 5.69 Å². The van der Waals surface area contributed by atoms with E-state index in [1.807, 2.05) is 37.3 Å². The average Bonchev–Trinajstić information content (AvgIpc) is 3.31. The molecule has 0 spiro atoms. The normalized spacial score (nSPS) is 11.1. The first-order chi connectivity index (χ1) is 18.8. The number of anilines is 2. The van der Waals surface area contributed by atoms with Crippen LogP contribution in [0.25, 0.3) is 27.5 Å². The predicted molar refractivity (Wildman–Crippen MR) is 165 cm³/mol. The number of hydrogen-bond acceptors (Lipinski definition) is 5. The zero-order valence-electron chi connectivity index (χ0n) is 22.2. The third-order valence-electron chi connectivity index (χ3n) is 6.84. The zero-order chi connectivity index (χ0) is 27.7. The quantitative estimate of drug-likeness (QED) is 0.224. The van der Waals surface area contributed by atoms with E-state index in [0.29, 0.717) is 16.1 Å². The van der Waals surface area contributed by atoms with Crippen molar-refractivity contribution in [1.29, 1.82) is 0 Å².